The van der Waals surface area contributed by atoms with Crippen LogP contribution in [0.15, 0.2) is 6.20 Å². The van der Waals surface area contributed by atoms with Crippen LogP contribution in [0, 0.1) is 10.1 Å². The number of hydrogen-bond donors (Lipinski definition) is 2. The Balaban J connectivity index is 2.42. The van der Waals surface area contributed by atoms with Gasteiger partial charge in [-0.3, -0.25) is 14.2 Å². The Morgan fingerprint density at radius 1 is 1.40 bits per heavy atom. The number of nitrogens with zero attached hydrogens (tertiary/aromatic N) is 3. The highest BCUT2D eigenvalue weighted by atomic mass is 35.5. The number of hydrogen-bond acceptors (Lipinski definition) is 5. The molecule has 0 spiro atoms. The first-order valence-electron chi connectivity index (χ1n) is 5.88. The van der Waals surface area contributed by atoms with Gasteiger partial charge in [0.05, 0.1) is 0 Å². The Morgan fingerprint density at radius 3 is 2.50 bits per heavy atom. The van der Waals surface area contributed by atoms with Crippen LogP contribution in [-0.4, -0.2) is 39.4 Å². The van der Waals surface area contributed by atoms with E-state index in [0.717, 1.165) is 12.6 Å². The molecule has 0 fully saturated rings. The van der Waals surface area contributed by atoms with Gasteiger partial charge in [0, 0.05) is 19.6 Å². The molecule has 0 saturated carbocycles. The van der Waals surface area contributed by atoms with E-state index in [1.165, 1.54) is 4.57 Å². The first kappa shape index (κ1) is 15.9. The van der Waals surface area contributed by atoms with E-state index in [0.29, 0.717) is 6.54 Å². The summed E-state index contributed by atoms with van der Waals surface area (Å²) in [7, 11) is 0. The van der Waals surface area contributed by atoms with Gasteiger partial charge in [-0.2, -0.15) is 0 Å². The average molecular weight is 304 g/mol. The Labute approximate surface area is 119 Å². The van der Waals surface area contributed by atoms with Crippen LogP contribution in [0.2, 0.25) is 5.28 Å². The quantitative estimate of drug-likeness (QED) is 0.438. The number of carbonyl (C=O) groups excluding carboxylic acids is 2. The Morgan fingerprint density at radius 2 is 2.00 bits per heavy atom. The maximum Gasteiger partial charge on any atom is 0.383 e. The molecule has 2 N–H and O–H groups in total. The first-order chi connectivity index (χ1) is 9.45. The lowest BCUT2D eigenvalue weighted by Gasteiger charge is -2.05. The average Bonchev–Trinajstić information content (AvgIpc) is 2.77. The van der Waals surface area contributed by atoms with Crippen LogP contribution in [0.5, 0.6) is 0 Å². The zero-order valence-electron chi connectivity index (χ0n) is 10.8. The summed E-state index contributed by atoms with van der Waals surface area (Å²) >= 11 is 5.69. The second-order valence-electron chi connectivity index (χ2n) is 3.83. The summed E-state index contributed by atoms with van der Waals surface area (Å²) in [6.07, 6.45) is 1.89. The van der Waals surface area contributed by atoms with E-state index in [4.69, 9.17) is 11.6 Å². The highest BCUT2D eigenvalue weighted by molar-refractivity contribution is 6.35. The lowest BCUT2D eigenvalue weighted by Crippen LogP contribution is -2.41. The third kappa shape index (κ3) is 4.50. The fourth-order valence-corrected chi connectivity index (χ4v) is 1.53. The van der Waals surface area contributed by atoms with Gasteiger partial charge in [-0.15, -0.1) is 0 Å². The molecule has 0 aliphatic heterocycles. The van der Waals surface area contributed by atoms with Gasteiger partial charge < -0.3 is 20.7 Å². The molecule has 9 nitrogen and oxygen atoms in total. The van der Waals surface area contributed by atoms with Crippen molar-refractivity contribution in [2.45, 2.75) is 19.9 Å². The normalized spacial score (nSPS) is 10.1. The monoisotopic (exact) mass is 303 g/mol. The molecule has 10 heteroatoms. The minimum Gasteiger partial charge on any atom is -0.358 e. The third-order valence-corrected chi connectivity index (χ3v) is 2.58. The second-order valence-corrected chi connectivity index (χ2v) is 4.17. The molecule has 0 atom stereocenters. The van der Waals surface area contributed by atoms with Gasteiger partial charge in [0.2, 0.25) is 0 Å². The summed E-state index contributed by atoms with van der Waals surface area (Å²) in [6.45, 7) is 2.57. The number of carbonyl (C=O) groups is 2. The van der Waals surface area contributed by atoms with Crippen LogP contribution in [0.4, 0.5) is 5.82 Å². The number of imidazole rings is 1. The minimum absolute atomic E-state index is 0.0543. The van der Waals surface area contributed by atoms with Crippen molar-refractivity contribution in [3.63, 3.8) is 0 Å². The smallest absolute Gasteiger partial charge is 0.358 e. The summed E-state index contributed by atoms with van der Waals surface area (Å²) in [5, 5.41) is 15.2. The van der Waals surface area contributed by atoms with E-state index in [9.17, 15) is 19.7 Å². The number of nitro groups is 1. The maximum absolute atomic E-state index is 11.3. The van der Waals surface area contributed by atoms with Gasteiger partial charge in [-0.25, -0.2) is 0 Å². The van der Waals surface area contributed by atoms with Crippen molar-refractivity contribution in [1.29, 1.82) is 0 Å². The van der Waals surface area contributed by atoms with Crippen LogP contribution in [0.1, 0.15) is 13.3 Å². The van der Waals surface area contributed by atoms with E-state index in [1.807, 2.05) is 6.92 Å². The number of halogens is 1. The van der Waals surface area contributed by atoms with Gasteiger partial charge in [0.25, 0.3) is 0 Å². The van der Waals surface area contributed by atoms with Gasteiger partial charge >= 0.3 is 22.9 Å². The molecule has 110 valence electrons. The maximum atomic E-state index is 11.3. The van der Waals surface area contributed by atoms with Gasteiger partial charge in [-0.1, -0.05) is 6.92 Å². The van der Waals surface area contributed by atoms with Crippen molar-refractivity contribution in [2.24, 2.45) is 0 Å². The minimum atomic E-state index is -0.760. The summed E-state index contributed by atoms with van der Waals surface area (Å²) < 4.78 is 1.31. The third-order valence-electron chi connectivity index (χ3n) is 2.28. The van der Waals surface area contributed by atoms with E-state index in [2.05, 4.69) is 15.6 Å². The van der Waals surface area contributed by atoms with Gasteiger partial charge in [0.15, 0.2) is 0 Å². The molecule has 0 saturated heterocycles. The SMILES string of the molecule is CCCNC(=O)C(=O)NCCn1cc([N+](=O)[O-])nc1Cl. The van der Waals surface area contributed by atoms with Crippen LogP contribution >= 0.6 is 11.6 Å². The molecule has 0 aromatic carbocycles. The molecule has 0 unspecified atom stereocenters. The van der Waals surface area contributed by atoms with Gasteiger partial charge in [-0.05, 0) is 27.9 Å². The largest absolute Gasteiger partial charge is 0.383 e. The number of amides is 2. The van der Waals surface area contributed by atoms with Crippen molar-refractivity contribution < 1.29 is 14.5 Å². The standard InChI is InChI=1S/C10H14ClN5O4/c1-2-3-12-8(17)9(18)13-4-5-15-6-7(16(19)20)14-10(15)11/h6H,2-5H2,1H3,(H,12,17)(H,13,18). The second kappa shape index (κ2) is 7.43. The van der Waals surface area contributed by atoms with Crippen LogP contribution in [0.25, 0.3) is 0 Å². The molecular formula is C10H14ClN5O4. The van der Waals surface area contributed by atoms with Crippen LogP contribution < -0.4 is 10.6 Å². The first-order valence-corrected chi connectivity index (χ1v) is 6.26. The van der Waals surface area contributed by atoms with Crippen molar-refractivity contribution in [3.05, 3.63) is 21.6 Å². The Bertz CT molecular complexity index is 516. The molecular weight excluding hydrogens is 290 g/mol. The Hall–Kier alpha value is -2.16. The molecule has 0 bridgehead atoms. The number of nitrogens with one attached hydrogen (secondary N) is 2. The van der Waals surface area contributed by atoms with Crippen molar-refractivity contribution in [1.82, 2.24) is 20.2 Å². The summed E-state index contributed by atoms with van der Waals surface area (Å²) in [5.74, 6) is -1.85. The molecule has 1 heterocycles. The molecule has 1 aromatic rings. The summed E-state index contributed by atoms with van der Waals surface area (Å²) in [6, 6.07) is 0. The predicted molar refractivity (Wildman–Crippen MR) is 70.2 cm³/mol. The highest BCUT2D eigenvalue weighted by Crippen LogP contribution is 2.14. The molecule has 1 aromatic heterocycles. The van der Waals surface area contributed by atoms with E-state index < -0.39 is 16.7 Å². The zero-order chi connectivity index (χ0) is 15.1. The topological polar surface area (TPSA) is 119 Å². The molecule has 0 aliphatic rings. The number of rotatable bonds is 6. The van der Waals surface area contributed by atoms with Crippen molar-refractivity contribution >= 4 is 29.2 Å². The van der Waals surface area contributed by atoms with Crippen LogP contribution in [-0.2, 0) is 16.1 Å². The highest BCUT2D eigenvalue weighted by Gasteiger charge is 2.17. The van der Waals surface area contributed by atoms with Crippen LogP contribution in [0.3, 0.4) is 0 Å². The zero-order valence-corrected chi connectivity index (χ0v) is 11.5. The van der Waals surface area contributed by atoms with Crippen molar-refractivity contribution in [3.8, 4) is 0 Å². The molecule has 0 radical (unpaired) electrons. The molecule has 20 heavy (non-hydrogen) atoms. The van der Waals surface area contributed by atoms with E-state index in [1.54, 1.807) is 0 Å². The van der Waals surface area contributed by atoms with Gasteiger partial charge in [0.1, 0.15) is 6.20 Å². The molecule has 0 aliphatic carbocycles. The Kier molecular flexibility index (Phi) is 5.91. The molecule has 2 amide bonds. The molecule has 1 rings (SSSR count). The predicted octanol–water partition coefficient (Wildman–Crippen LogP) is 0.0871. The summed E-state index contributed by atoms with van der Waals surface area (Å²) in [5.41, 5.74) is 0. The summed E-state index contributed by atoms with van der Waals surface area (Å²) in [4.78, 5) is 35.9. The van der Waals surface area contributed by atoms with E-state index in [-0.39, 0.29) is 24.2 Å². The fourth-order valence-electron chi connectivity index (χ4n) is 1.31. The fraction of sp³-hybridized carbons (Fsp3) is 0.500. The van der Waals surface area contributed by atoms with E-state index >= 15 is 0 Å². The lowest BCUT2D eigenvalue weighted by molar-refractivity contribution is -0.389. The van der Waals surface area contributed by atoms with Crippen molar-refractivity contribution in [2.75, 3.05) is 13.1 Å². The number of aromatic nitrogens is 2. The lowest BCUT2D eigenvalue weighted by atomic mass is 10.4.